The van der Waals surface area contributed by atoms with Crippen LogP contribution in [0.4, 0.5) is 0 Å². The zero-order valence-corrected chi connectivity index (χ0v) is 8.93. The second-order valence-corrected chi connectivity index (χ2v) is 9.42. The van der Waals surface area contributed by atoms with E-state index in [1.807, 2.05) is 6.55 Å². The average molecular weight is 220 g/mol. The van der Waals surface area contributed by atoms with Crippen molar-refractivity contribution in [2.75, 3.05) is 0 Å². The van der Waals surface area contributed by atoms with Crippen molar-refractivity contribution in [2.24, 2.45) is 0 Å². The number of hydrogen-bond acceptors (Lipinski definition) is 1. The van der Waals surface area contributed by atoms with E-state index in [0.29, 0.717) is 6.42 Å². The molecule has 0 aromatic heterocycles. The molecule has 1 aliphatic rings. The standard InChI is InChI=1S/C5H9Cl3OSi/c1-10(8)4-2-3-5(6,7)9-10/h2-4H2,1H3. The highest BCUT2D eigenvalue weighted by atomic mass is 35.6. The van der Waals surface area contributed by atoms with Crippen LogP contribution in [0.25, 0.3) is 0 Å². The van der Waals surface area contributed by atoms with E-state index in [1.165, 1.54) is 0 Å². The van der Waals surface area contributed by atoms with E-state index in [1.54, 1.807) is 0 Å². The third kappa shape index (κ3) is 2.59. The molecular weight excluding hydrogens is 210 g/mol. The summed E-state index contributed by atoms with van der Waals surface area (Å²) in [5, 5.41) is 0. The van der Waals surface area contributed by atoms with Gasteiger partial charge in [-0.1, -0.05) is 23.2 Å². The van der Waals surface area contributed by atoms with Gasteiger partial charge < -0.3 is 4.43 Å². The number of rotatable bonds is 0. The maximum absolute atomic E-state index is 6.00. The number of hydrogen-bond donors (Lipinski definition) is 0. The van der Waals surface area contributed by atoms with Crippen molar-refractivity contribution in [1.29, 1.82) is 0 Å². The van der Waals surface area contributed by atoms with Gasteiger partial charge in [-0.3, -0.25) is 0 Å². The van der Waals surface area contributed by atoms with E-state index in [2.05, 4.69) is 0 Å². The van der Waals surface area contributed by atoms with Crippen LogP contribution >= 0.6 is 34.3 Å². The Morgan fingerprint density at radius 3 is 2.40 bits per heavy atom. The van der Waals surface area contributed by atoms with Crippen LogP contribution in [0.15, 0.2) is 0 Å². The number of halogens is 3. The van der Waals surface area contributed by atoms with E-state index in [4.69, 9.17) is 38.7 Å². The van der Waals surface area contributed by atoms with Gasteiger partial charge >= 0.3 is 0 Å². The van der Waals surface area contributed by atoms with E-state index in [9.17, 15) is 0 Å². The molecule has 1 nitrogen and oxygen atoms in total. The van der Waals surface area contributed by atoms with Gasteiger partial charge in [0.2, 0.25) is 4.52 Å². The van der Waals surface area contributed by atoms with Gasteiger partial charge in [-0.05, 0) is 19.0 Å². The topological polar surface area (TPSA) is 9.23 Å². The predicted octanol–water partition coefficient (Wildman–Crippen LogP) is 3.24. The molecule has 1 heterocycles. The third-order valence-corrected chi connectivity index (χ3v) is 5.06. The minimum Gasteiger partial charge on any atom is -0.372 e. The molecule has 0 N–H and O–H groups in total. The highest BCUT2D eigenvalue weighted by molar-refractivity contribution is 7.16. The zero-order valence-electron chi connectivity index (χ0n) is 5.66. The van der Waals surface area contributed by atoms with Crippen LogP contribution in [0.5, 0.6) is 0 Å². The van der Waals surface area contributed by atoms with Crippen molar-refractivity contribution in [1.82, 2.24) is 0 Å². The van der Waals surface area contributed by atoms with E-state index in [-0.39, 0.29) is 0 Å². The Kier molecular flexibility index (Phi) is 2.59. The van der Waals surface area contributed by atoms with Crippen LogP contribution < -0.4 is 0 Å². The van der Waals surface area contributed by atoms with Crippen molar-refractivity contribution < 1.29 is 4.43 Å². The Hall–Kier alpha value is 1.05. The first-order valence-corrected chi connectivity index (χ1v) is 7.57. The molecule has 0 spiro atoms. The lowest BCUT2D eigenvalue weighted by Gasteiger charge is -2.34. The molecule has 0 radical (unpaired) electrons. The van der Waals surface area contributed by atoms with Gasteiger partial charge in [0, 0.05) is 6.42 Å². The minimum absolute atomic E-state index is 0.686. The van der Waals surface area contributed by atoms with Crippen molar-refractivity contribution >= 4 is 41.9 Å². The quantitative estimate of drug-likeness (QED) is 0.345. The minimum atomic E-state index is -2.02. The van der Waals surface area contributed by atoms with Gasteiger partial charge in [0.05, 0.1) is 0 Å². The molecule has 10 heavy (non-hydrogen) atoms. The largest absolute Gasteiger partial charge is 0.372 e. The molecule has 1 unspecified atom stereocenters. The SMILES string of the molecule is C[Si]1(Cl)CCCC(Cl)(Cl)O1. The fourth-order valence-electron chi connectivity index (χ4n) is 1.02. The first kappa shape index (κ1) is 9.14. The molecule has 0 saturated carbocycles. The monoisotopic (exact) mass is 218 g/mol. The highest BCUT2D eigenvalue weighted by Crippen LogP contribution is 2.40. The van der Waals surface area contributed by atoms with Crippen LogP contribution in [0.1, 0.15) is 12.8 Å². The summed E-state index contributed by atoms with van der Waals surface area (Å²) >= 11 is 17.5. The van der Waals surface area contributed by atoms with Crippen molar-refractivity contribution in [2.45, 2.75) is 30.0 Å². The molecule has 1 rings (SSSR count). The van der Waals surface area contributed by atoms with Crippen LogP contribution in [-0.4, -0.2) is 12.1 Å². The van der Waals surface area contributed by atoms with Crippen LogP contribution in [0, 0.1) is 0 Å². The third-order valence-electron chi connectivity index (χ3n) is 1.45. The van der Waals surface area contributed by atoms with Gasteiger partial charge in [0.15, 0.2) is 0 Å². The lowest BCUT2D eigenvalue weighted by Crippen LogP contribution is -2.40. The van der Waals surface area contributed by atoms with Gasteiger partial charge in [0.1, 0.15) is 0 Å². The molecule has 1 saturated heterocycles. The Balaban J connectivity index is 2.56. The molecule has 60 valence electrons. The maximum atomic E-state index is 6.00. The van der Waals surface area contributed by atoms with Crippen molar-refractivity contribution in [3.63, 3.8) is 0 Å². The Labute approximate surface area is 76.4 Å². The summed E-state index contributed by atoms with van der Waals surface area (Å²) < 4.78 is 4.28. The van der Waals surface area contributed by atoms with Crippen LogP contribution in [0.3, 0.4) is 0 Å². The molecule has 1 fully saturated rings. The Bertz CT molecular complexity index is 123. The van der Waals surface area contributed by atoms with Gasteiger partial charge in [-0.25, -0.2) is 0 Å². The first-order chi connectivity index (χ1) is 4.41. The second kappa shape index (κ2) is 2.83. The van der Waals surface area contributed by atoms with Gasteiger partial charge in [0.25, 0.3) is 7.63 Å². The smallest absolute Gasteiger partial charge is 0.290 e. The van der Waals surface area contributed by atoms with Crippen molar-refractivity contribution in [3.8, 4) is 0 Å². The fourth-order valence-corrected chi connectivity index (χ4v) is 4.98. The predicted molar refractivity (Wildman–Crippen MR) is 47.0 cm³/mol. The number of alkyl halides is 2. The summed E-state index contributed by atoms with van der Waals surface area (Å²) in [7, 11) is -2.02. The lowest BCUT2D eigenvalue weighted by molar-refractivity contribution is 0.205. The van der Waals surface area contributed by atoms with E-state index < -0.39 is 12.1 Å². The molecule has 0 amide bonds. The summed E-state index contributed by atoms with van der Waals surface area (Å²) in [6.07, 6.45) is 1.66. The Morgan fingerprint density at radius 1 is 1.50 bits per heavy atom. The normalized spacial score (nSPS) is 39.6. The molecular formula is C5H9Cl3OSi. The summed E-state index contributed by atoms with van der Waals surface area (Å²) in [5.74, 6) is 0. The molecule has 1 aliphatic heterocycles. The van der Waals surface area contributed by atoms with Crippen molar-refractivity contribution in [3.05, 3.63) is 0 Å². The highest BCUT2D eigenvalue weighted by Gasteiger charge is 2.41. The molecule has 0 aromatic rings. The summed E-state index contributed by atoms with van der Waals surface area (Å²) in [4.78, 5) is 0. The molecule has 0 aromatic carbocycles. The average Bonchev–Trinajstić information content (AvgIpc) is 1.56. The molecule has 5 heteroatoms. The molecule has 0 bridgehead atoms. The molecule has 0 aliphatic carbocycles. The maximum Gasteiger partial charge on any atom is 0.290 e. The summed E-state index contributed by atoms with van der Waals surface area (Å²) in [5.41, 5.74) is 0. The van der Waals surface area contributed by atoms with Gasteiger partial charge in [-0.2, -0.15) is 0 Å². The summed E-state index contributed by atoms with van der Waals surface area (Å²) in [6, 6.07) is 0.940. The first-order valence-electron chi connectivity index (χ1n) is 3.18. The second-order valence-electron chi connectivity index (χ2n) is 2.69. The fraction of sp³-hybridized carbons (Fsp3) is 1.00. The van der Waals surface area contributed by atoms with Crippen LogP contribution in [-0.2, 0) is 4.43 Å². The van der Waals surface area contributed by atoms with Crippen LogP contribution in [0.2, 0.25) is 12.6 Å². The summed E-state index contributed by atoms with van der Waals surface area (Å²) in [6.45, 7) is 1.91. The zero-order chi connectivity index (χ0) is 7.83. The molecule has 1 atom stereocenters. The van der Waals surface area contributed by atoms with Gasteiger partial charge in [-0.15, -0.1) is 11.1 Å². The van der Waals surface area contributed by atoms with E-state index in [0.717, 1.165) is 12.5 Å². The Morgan fingerprint density at radius 2 is 2.10 bits per heavy atom. The van der Waals surface area contributed by atoms with E-state index >= 15 is 0 Å². The lowest BCUT2D eigenvalue weighted by atomic mass is 10.3.